The number of Topliss-reactive ketones (excluding diaryl/α,β-unsaturated/α-hetero) is 1. The first kappa shape index (κ1) is 13.4. The van der Waals surface area contributed by atoms with Crippen LogP contribution in [0.1, 0.15) is 21.5 Å². The predicted octanol–water partition coefficient (Wildman–Crippen LogP) is 3.00. The molecule has 0 saturated carbocycles. The van der Waals surface area contributed by atoms with Crippen LogP contribution in [0.4, 0.5) is 14.5 Å². The van der Waals surface area contributed by atoms with Crippen molar-refractivity contribution in [2.75, 3.05) is 4.90 Å². The largest absolute Gasteiger partial charge is 0.300 e. The number of hydrogen-bond donors (Lipinski definition) is 0. The topological polar surface area (TPSA) is 37.4 Å². The SMILES string of the molecule is Cc1cccc(CN2C(=O)C(=O)c3cc(F)c(F)cc32)c1. The van der Waals surface area contributed by atoms with Crippen molar-refractivity contribution in [2.24, 2.45) is 0 Å². The van der Waals surface area contributed by atoms with Crippen LogP contribution in [0.5, 0.6) is 0 Å². The number of anilines is 1. The summed E-state index contributed by atoms with van der Waals surface area (Å²) in [5.41, 5.74) is 1.85. The Kier molecular flexibility index (Phi) is 3.05. The van der Waals surface area contributed by atoms with Gasteiger partial charge < -0.3 is 4.90 Å². The van der Waals surface area contributed by atoms with E-state index in [1.165, 1.54) is 4.90 Å². The molecule has 1 aliphatic heterocycles. The molecule has 0 fully saturated rings. The van der Waals surface area contributed by atoms with Crippen molar-refractivity contribution in [3.63, 3.8) is 0 Å². The molecule has 5 heteroatoms. The van der Waals surface area contributed by atoms with Crippen molar-refractivity contribution in [1.82, 2.24) is 0 Å². The Morgan fingerprint density at radius 3 is 2.48 bits per heavy atom. The summed E-state index contributed by atoms with van der Waals surface area (Å²) in [4.78, 5) is 25.0. The minimum Gasteiger partial charge on any atom is -0.300 e. The molecule has 0 unspecified atom stereocenters. The molecule has 106 valence electrons. The molecule has 3 nitrogen and oxygen atoms in total. The quantitative estimate of drug-likeness (QED) is 0.796. The zero-order valence-corrected chi connectivity index (χ0v) is 11.2. The van der Waals surface area contributed by atoms with E-state index in [4.69, 9.17) is 0 Å². The van der Waals surface area contributed by atoms with E-state index in [9.17, 15) is 18.4 Å². The minimum absolute atomic E-state index is 0.0912. The predicted molar refractivity (Wildman–Crippen MR) is 73.1 cm³/mol. The Labute approximate surface area is 119 Å². The third-order valence-corrected chi connectivity index (χ3v) is 3.44. The molecule has 0 bridgehead atoms. The lowest BCUT2D eigenvalue weighted by molar-refractivity contribution is -0.114. The second-order valence-corrected chi connectivity index (χ2v) is 4.99. The number of carbonyl (C=O) groups is 2. The zero-order valence-electron chi connectivity index (χ0n) is 11.2. The summed E-state index contributed by atoms with van der Waals surface area (Å²) in [6.07, 6.45) is 0. The second kappa shape index (κ2) is 4.77. The van der Waals surface area contributed by atoms with E-state index in [1.807, 2.05) is 31.2 Å². The molecule has 0 spiro atoms. The summed E-state index contributed by atoms with van der Waals surface area (Å²) < 4.78 is 26.6. The number of hydrogen-bond acceptors (Lipinski definition) is 2. The fourth-order valence-electron chi connectivity index (χ4n) is 2.44. The molecule has 0 radical (unpaired) electrons. The van der Waals surface area contributed by atoms with Gasteiger partial charge in [0.1, 0.15) is 0 Å². The number of fused-ring (bicyclic) bond motifs is 1. The molecule has 2 aromatic rings. The molecule has 0 aromatic heterocycles. The maximum absolute atomic E-state index is 13.4. The maximum Gasteiger partial charge on any atom is 0.299 e. The van der Waals surface area contributed by atoms with E-state index in [1.54, 1.807) is 0 Å². The number of halogens is 2. The normalized spacial score (nSPS) is 13.8. The Bertz CT molecular complexity index is 771. The standard InChI is InChI=1S/C16H11F2NO2/c1-9-3-2-4-10(5-9)8-19-14-7-13(18)12(17)6-11(14)15(20)16(19)21/h2-7H,8H2,1H3. The average Bonchev–Trinajstić information content (AvgIpc) is 2.65. The van der Waals surface area contributed by atoms with Crippen molar-refractivity contribution >= 4 is 17.4 Å². The smallest absolute Gasteiger partial charge is 0.299 e. The number of nitrogens with zero attached hydrogens (tertiary/aromatic N) is 1. The third-order valence-electron chi connectivity index (χ3n) is 3.44. The Morgan fingerprint density at radius 2 is 1.76 bits per heavy atom. The van der Waals surface area contributed by atoms with Crippen molar-refractivity contribution in [2.45, 2.75) is 13.5 Å². The summed E-state index contributed by atoms with van der Waals surface area (Å²) in [5, 5.41) is 0. The van der Waals surface area contributed by atoms with Gasteiger partial charge in [0.15, 0.2) is 11.6 Å². The van der Waals surface area contributed by atoms with E-state index < -0.39 is 23.3 Å². The number of rotatable bonds is 2. The molecule has 1 heterocycles. The van der Waals surface area contributed by atoms with E-state index >= 15 is 0 Å². The monoisotopic (exact) mass is 287 g/mol. The van der Waals surface area contributed by atoms with E-state index in [0.717, 1.165) is 23.3 Å². The van der Waals surface area contributed by atoms with Gasteiger partial charge in [-0.1, -0.05) is 29.8 Å². The van der Waals surface area contributed by atoms with E-state index in [2.05, 4.69) is 0 Å². The molecule has 0 saturated heterocycles. The highest BCUT2D eigenvalue weighted by Crippen LogP contribution is 2.32. The first-order valence-electron chi connectivity index (χ1n) is 6.38. The van der Waals surface area contributed by atoms with Crippen LogP contribution in [0.15, 0.2) is 36.4 Å². The van der Waals surface area contributed by atoms with Crippen molar-refractivity contribution in [3.05, 3.63) is 64.7 Å². The zero-order chi connectivity index (χ0) is 15.1. The summed E-state index contributed by atoms with van der Waals surface area (Å²) in [7, 11) is 0. The van der Waals surface area contributed by atoms with Gasteiger partial charge in [0.25, 0.3) is 11.7 Å². The molecule has 21 heavy (non-hydrogen) atoms. The van der Waals surface area contributed by atoms with Crippen LogP contribution < -0.4 is 4.90 Å². The highest BCUT2D eigenvalue weighted by molar-refractivity contribution is 6.52. The van der Waals surface area contributed by atoms with Gasteiger partial charge >= 0.3 is 0 Å². The van der Waals surface area contributed by atoms with Gasteiger partial charge in [0, 0.05) is 6.07 Å². The Balaban J connectivity index is 2.03. The van der Waals surface area contributed by atoms with Crippen molar-refractivity contribution in [1.29, 1.82) is 0 Å². The van der Waals surface area contributed by atoms with Crippen LogP contribution in [0, 0.1) is 18.6 Å². The lowest BCUT2D eigenvalue weighted by Crippen LogP contribution is -2.29. The maximum atomic E-state index is 13.4. The Hall–Kier alpha value is -2.56. The molecular weight excluding hydrogens is 276 g/mol. The average molecular weight is 287 g/mol. The van der Waals surface area contributed by atoms with E-state index in [0.29, 0.717) is 0 Å². The summed E-state index contributed by atoms with van der Waals surface area (Å²) in [5.74, 6) is -3.79. The lowest BCUT2D eigenvalue weighted by Gasteiger charge is -2.17. The van der Waals surface area contributed by atoms with Crippen molar-refractivity contribution < 1.29 is 18.4 Å². The molecule has 2 aromatic carbocycles. The summed E-state index contributed by atoms with van der Waals surface area (Å²) in [6.45, 7) is 2.05. The van der Waals surface area contributed by atoms with Crippen molar-refractivity contribution in [3.8, 4) is 0 Å². The highest BCUT2D eigenvalue weighted by atomic mass is 19.2. The molecule has 0 atom stereocenters. The van der Waals surface area contributed by atoms with Gasteiger partial charge in [-0.25, -0.2) is 8.78 Å². The Morgan fingerprint density at radius 1 is 1.05 bits per heavy atom. The number of amides is 1. The summed E-state index contributed by atoms with van der Waals surface area (Å²) >= 11 is 0. The van der Waals surface area contributed by atoms with E-state index in [-0.39, 0.29) is 17.8 Å². The van der Waals surface area contributed by atoms with Gasteiger partial charge in [-0.15, -0.1) is 0 Å². The van der Waals surface area contributed by atoms with Crippen LogP contribution in [-0.4, -0.2) is 11.7 Å². The number of benzene rings is 2. The summed E-state index contributed by atoms with van der Waals surface area (Å²) in [6, 6.07) is 9.09. The molecule has 1 amide bonds. The fourth-order valence-corrected chi connectivity index (χ4v) is 2.44. The van der Waals surface area contributed by atoms with Crippen LogP contribution in [0.3, 0.4) is 0 Å². The minimum atomic E-state index is -1.13. The van der Waals surface area contributed by atoms with Gasteiger partial charge in [-0.05, 0) is 18.6 Å². The van der Waals surface area contributed by atoms with Gasteiger partial charge in [-0.2, -0.15) is 0 Å². The molecule has 3 rings (SSSR count). The number of carbonyl (C=O) groups excluding carboxylic acids is 2. The van der Waals surface area contributed by atoms with Crippen LogP contribution in [0.25, 0.3) is 0 Å². The lowest BCUT2D eigenvalue weighted by atomic mass is 10.1. The molecule has 0 N–H and O–H groups in total. The van der Waals surface area contributed by atoms with Crippen LogP contribution in [-0.2, 0) is 11.3 Å². The number of aryl methyl sites for hydroxylation is 1. The highest BCUT2D eigenvalue weighted by Gasteiger charge is 2.37. The third kappa shape index (κ3) is 2.20. The fraction of sp³-hybridized carbons (Fsp3) is 0.125. The van der Waals surface area contributed by atoms with Crippen LogP contribution >= 0.6 is 0 Å². The first-order chi connectivity index (χ1) is 9.97. The molecule has 0 aliphatic carbocycles. The van der Waals surface area contributed by atoms with Gasteiger partial charge in [0.2, 0.25) is 0 Å². The van der Waals surface area contributed by atoms with Gasteiger partial charge in [0.05, 0.1) is 17.8 Å². The first-order valence-corrected chi connectivity index (χ1v) is 6.38. The van der Waals surface area contributed by atoms with Gasteiger partial charge in [-0.3, -0.25) is 9.59 Å². The van der Waals surface area contributed by atoms with Crippen LogP contribution in [0.2, 0.25) is 0 Å². The molecule has 1 aliphatic rings. The molecular formula is C16H11F2NO2. The second-order valence-electron chi connectivity index (χ2n) is 4.99. The number of ketones is 1.